The molecule has 3 N–H and O–H groups in total. The van der Waals surface area contributed by atoms with Crippen LogP contribution in [0.25, 0.3) is 17.0 Å². The molecule has 3 aromatic heterocycles. The van der Waals surface area contributed by atoms with Crippen molar-refractivity contribution in [2.24, 2.45) is 0 Å². The molecule has 6 rings (SSSR count). The van der Waals surface area contributed by atoms with Gasteiger partial charge in [-0.15, -0.1) is 11.3 Å². The van der Waals surface area contributed by atoms with Crippen LogP contribution < -0.4 is 15.8 Å². The van der Waals surface area contributed by atoms with E-state index in [1.165, 1.54) is 5.56 Å². The van der Waals surface area contributed by atoms with Crippen LogP contribution in [0.1, 0.15) is 52.3 Å². The molecule has 0 bridgehead atoms. The average molecular weight is 524 g/mol. The highest BCUT2D eigenvalue weighted by molar-refractivity contribution is 7.10. The Labute approximate surface area is 225 Å². The predicted octanol–water partition coefficient (Wildman–Crippen LogP) is 6.47. The van der Waals surface area contributed by atoms with Gasteiger partial charge >= 0.3 is 0 Å². The number of thiazole rings is 1. The molecule has 0 unspecified atom stereocenters. The lowest BCUT2D eigenvalue weighted by Crippen LogP contribution is -2.24. The number of hydrogen-bond donors (Lipinski definition) is 2. The van der Waals surface area contributed by atoms with Crippen molar-refractivity contribution in [2.45, 2.75) is 38.0 Å². The van der Waals surface area contributed by atoms with Crippen LogP contribution in [-0.2, 0) is 5.41 Å². The molecule has 1 aliphatic rings. The zero-order chi connectivity index (χ0) is 26.3. The Bertz CT molecular complexity index is 1630. The molecule has 1 amide bonds. The smallest absolute Gasteiger partial charge is 0.255 e. The van der Waals surface area contributed by atoms with Crippen molar-refractivity contribution >= 4 is 34.3 Å². The Morgan fingerprint density at radius 1 is 1.08 bits per heavy atom. The Kier molecular flexibility index (Phi) is 6.12. The van der Waals surface area contributed by atoms with Crippen LogP contribution >= 0.6 is 11.3 Å². The lowest BCUT2D eigenvalue weighted by atomic mass is 9.79. The van der Waals surface area contributed by atoms with Gasteiger partial charge in [0.1, 0.15) is 22.1 Å². The summed E-state index contributed by atoms with van der Waals surface area (Å²) in [5.74, 6) is 0.605. The molecule has 3 heterocycles. The number of amides is 1. The first-order valence-corrected chi connectivity index (χ1v) is 13.6. The van der Waals surface area contributed by atoms with Gasteiger partial charge in [-0.2, -0.15) is 0 Å². The molecular weight excluding hydrogens is 494 g/mol. The number of rotatable bonds is 6. The van der Waals surface area contributed by atoms with Gasteiger partial charge in [0.2, 0.25) is 0 Å². The molecule has 1 saturated carbocycles. The van der Waals surface area contributed by atoms with E-state index in [2.05, 4.69) is 27.2 Å². The van der Waals surface area contributed by atoms with Crippen LogP contribution in [0.2, 0.25) is 0 Å². The maximum atomic E-state index is 12.9. The molecule has 38 heavy (non-hydrogen) atoms. The van der Waals surface area contributed by atoms with E-state index in [-0.39, 0.29) is 11.3 Å². The highest BCUT2D eigenvalue weighted by atomic mass is 32.1. The zero-order valence-corrected chi connectivity index (χ0v) is 22.2. The minimum atomic E-state index is -0.175. The third-order valence-corrected chi connectivity index (χ3v) is 8.58. The molecule has 0 atom stereocenters. The number of aromatic nitrogens is 3. The van der Waals surface area contributed by atoms with Crippen molar-refractivity contribution in [1.29, 1.82) is 0 Å². The van der Waals surface area contributed by atoms with E-state index >= 15 is 0 Å². The second-order valence-electron chi connectivity index (χ2n) is 9.79. The van der Waals surface area contributed by atoms with Gasteiger partial charge in [0.15, 0.2) is 0 Å². The van der Waals surface area contributed by atoms with Gasteiger partial charge in [0.05, 0.1) is 29.9 Å². The first-order chi connectivity index (χ1) is 18.5. The highest BCUT2D eigenvalue weighted by Crippen LogP contribution is 2.48. The summed E-state index contributed by atoms with van der Waals surface area (Å²) in [6, 6.07) is 19.1. The molecule has 0 saturated heterocycles. The van der Waals surface area contributed by atoms with Crippen LogP contribution in [0.4, 0.5) is 11.4 Å². The summed E-state index contributed by atoms with van der Waals surface area (Å²) >= 11 is 1.71. The first kappa shape index (κ1) is 24.2. The van der Waals surface area contributed by atoms with Crippen molar-refractivity contribution in [3.63, 3.8) is 0 Å². The second-order valence-corrected chi connectivity index (χ2v) is 10.6. The Morgan fingerprint density at radius 2 is 1.84 bits per heavy atom. The monoisotopic (exact) mass is 523 g/mol. The number of fused-ring (bicyclic) bond motifs is 1. The summed E-state index contributed by atoms with van der Waals surface area (Å²) in [5.41, 5.74) is 12.5. The molecule has 1 aliphatic carbocycles. The number of carbonyl (C=O) groups is 1. The number of carbonyl (C=O) groups excluding carboxylic acids is 1. The maximum Gasteiger partial charge on any atom is 0.255 e. The molecule has 7 nitrogen and oxygen atoms in total. The van der Waals surface area contributed by atoms with E-state index in [1.807, 2.05) is 49.5 Å². The topological polar surface area (TPSA) is 94.5 Å². The van der Waals surface area contributed by atoms with E-state index in [0.29, 0.717) is 16.9 Å². The zero-order valence-electron chi connectivity index (χ0n) is 21.4. The predicted molar refractivity (Wildman–Crippen MR) is 152 cm³/mol. The number of methoxy groups -OCH3 is 1. The quantitative estimate of drug-likeness (QED) is 0.249. The summed E-state index contributed by atoms with van der Waals surface area (Å²) in [7, 11) is 1.66. The first-order valence-electron chi connectivity index (χ1n) is 12.7. The molecule has 0 radical (unpaired) electrons. The fourth-order valence-electron chi connectivity index (χ4n) is 5.53. The van der Waals surface area contributed by atoms with Crippen LogP contribution in [-0.4, -0.2) is 27.4 Å². The second kappa shape index (κ2) is 9.61. The van der Waals surface area contributed by atoms with E-state index in [9.17, 15) is 4.79 Å². The van der Waals surface area contributed by atoms with Gasteiger partial charge in [0.25, 0.3) is 5.91 Å². The van der Waals surface area contributed by atoms with Gasteiger partial charge in [-0.05, 0) is 55.7 Å². The maximum absolute atomic E-state index is 12.9. The standard InChI is InChI=1S/C30H29N5O2S/c1-19-27(35-16-13-22(37-2)17-26(35)32-19)25-18-38-29(34-25)30(14-5-6-15-30)21-11-9-20(10-12-21)28(36)33-24-8-4-3-7-23(24)31/h3-4,7-13,16-18H,5-6,14-15,31H2,1-2H3,(H,33,36). The molecule has 8 heteroatoms. The molecule has 0 aliphatic heterocycles. The lowest BCUT2D eigenvalue weighted by molar-refractivity contribution is 0.102. The molecule has 5 aromatic rings. The number of pyridine rings is 1. The third kappa shape index (κ3) is 4.11. The summed E-state index contributed by atoms with van der Waals surface area (Å²) in [5, 5.41) is 6.17. The molecule has 2 aromatic carbocycles. The van der Waals surface area contributed by atoms with Crippen molar-refractivity contribution in [2.75, 3.05) is 18.2 Å². The van der Waals surface area contributed by atoms with Crippen LogP contribution in [0.3, 0.4) is 0 Å². The number of aryl methyl sites for hydroxylation is 1. The van der Waals surface area contributed by atoms with E-state index in [0.717, 1.165) is 59.2 Å². The van der Waals surface area contributed by atoms with Crippen molar-refractivity contribution in [3.8, 4) is 17.1 Å². The fourth-order valence-corrected chi connectivity index (χ4v) is 6.62. The lowest BCUT2D eigenvalue weighted by Gasteiger charge is -2.27. The van der Waals surface area contributed by atoms with Gasteiger partial charge < -0.3 is 15.8 Å². The number of benzene rings is 2. The van der Waals surface area contributed by atoms with E-state index in [1.54, 1.807) is 30.6 Å². The largest absolute Gasteiger partial charge is 0.497 e. The fraction of sp³-hybridized carbons (Fsp3) is 0.233. The van der Waals surface area contributed by atoms with Crippen LogP contribution in [0.5, 0.6) is 5.75 Å². The molecular formula is C30H29N5O2S. The third-order valence-electron chi connectivity index (χ3n) is 7.53. The van der Waals surface area contributed by atoms with E-state index in [4.69, 9.17) is 20.4 Å². The minimum absolute atomic E-state index is 0.153. The SMILES string of the molecule is COc1ccn2c(-c3csc(C4(c5ccc(C(=O)Nc6ccccc6N)cc5)CCCC4)n3)c(C)nc2c1. The number of ether oxygens (including phenoxy) is 1. The highest BCUT2D eigenvalue weighted by Gasteiger charge is 2.40. The number of nitrogens with zero attached hydrogens (tertiary/aromatic N) is 3. The number of anilines is 2. The van der Waals surface area contributed by atoms with Gasteiger partial charge in [-0.3, -0.25) is 9.20 Å². The number of hydrogen-bond acceptors (Lipinski definition) is 6. The molecule has 0 spiro atoms. The summed E-state index contributed by atoms with van der Waals surface area (Å²) in [6.07, 6.45) is 6.36. The Balaban J connectivity index is 1.31. The van der Waals surface area contributed by atoms with Gasteiger partial charge in [-0.1, -0.05) is 37.1 Å². The Morgan fingerprint density at radius 3 is 2.58 bits per heavy atom. The number of nitrogens with two attached hydrogens (primary N) is 1. The van der Waals surface area contributed by atoms with Gasteiger partial charge in [0, 0.05) is 28.6 Å². The normalized spacial score (nSPS) is 14.6. The van der Waals surface area contributed by atoms with Crippen LogP contribution in [0.15, 0.2) is 72.2 Å². The van der Waals surface area contributed by atoms with Gasteiger partial charge in [-0.25, -0.2) is 9.97 Å². The summed E-state index contributed by atoms with van der Waals surface area (Å²) in [4.78, 5) is 22.8. The minimum Gasteiger partial charge on any atom is -0.497 e. The Hall–Kier alpha value is -4.17. The number of para-hydroxylation sites is 2. The summed E-state index contributed by atoms with van der Waals surface area (Å²) in [6.45, 7) is 2.02. The van der Waals surface area contributed by atoms with Crippen molar-refractivity contribution < 1.29 is 9.53 Å². The number of imidazole rings is 1. The van der Waals surface area contributed by atoms with E-state index < -0.39 is 0 Å². The summed E-state index contributed by atoms with van der Waals surface area (Å²) < 4.78 is 7.45. The number of nitrogen functional groups attached to an aromatic ring is 1. The number of nitrogens with one attached hydrogen (secondary N) is 1. The molecule has 192 valence electrons. The van der Waals surface area contributed by atoms with Crippen molar-refractivity contribution in [1.82, 2.24) is 14.4 Å². The van der Waals surface area contributed by atoms with Crippen LogP contribution in [0, 0.1) is 6.92 Å². The van der Waals surface area contributed by atoms with Crippen molar-refractivity contribution in [3.05, 3.63) is 94.1 Å². The molecule has 1 fully saturated rings. The average Bonchev–Trinajstić information content (AvgIpc) is 3.68.